The lowest BCUT2D eigenvalue weighted by atomic mass is 9.80. The van der Waals surface area contributed by atoms with Crippen LogP contribution in [-0.2, 0) is 11.3 Å². The molecule has 0 atom stereocenters. The highest BCUT2D eigenvalue weighted by molar-refractivity contribution is 5.79. The van der Waals surface area contributed by atoms with Crippen LogP contribution >= 0.6 is 0 Å². The van der Waals surface area contributed by atoms with Gasteiger partial charge in [-0.25, -0.2) is 9.37 Å². The average Bonchev–Trinajstić information content (AvgIpc) is 3.19. The molecular weight excluding hydrogens is 389 g/mol. The fourth-order valence-electron chi connectivity index (χ4n) is 5.91. The fourth-order valence-corrected chi connectivity index (χ4v) is 5.91. The van der Waals surface area contributed by atoms with Crippen LogP contribution in [0, 0.1) is 11.7 Å². The summed E-state index contributed by atoms with van der Waals surface area (Å²) in [5.74, 6) is 2.13. The molecule has 0 unspecified atom stereocenters. The van der Waals surface area contributed by atoms with Crippen molar-refractivity contribution in [1.82, 2.24) is 14.5 Å². The summed E-state index contributed by atoms with van der Waals surface area (Å²) in [6, 6.07) is 5.53. The van der Waals surface area contributed by atoms with Gasteiger partial charge in [-0.1, -0.05) is 38.7 Å². The molecule has 1 aromatic carbocycles. The largest absolute Gasteiger partial charge is 0.340 e. The van der Waals surface area contributed by atoms with E-state index < -0.39 is 0 Å². The third-order valence-electron chi connectivity index (χ3n) is 7.76. The molecule has 2 aliphatic carbocycles. The highest BCUT2D eigenvalue weighted by atomic mass is 19.1. The van der Waals surface area contributed by atoms with Crippen molar-refractivity contribution >= 4 is 16.9 Å². The summed E-state index contributed by atoms with van der Waals surface area (Å²) < 4.78 is 16.9. The van der Waals surface area contributed by atoms with Crippen LogP contribution in [0.15, 0.2) is 18.2 Å². The van der Waals surface area contributed by atoms with Crippen molar-refractivity contribution in [3.05, 3.63) is 29.8 Å². The molecule has 0 N–H and O–H groups in total. The van der Waals surface area contributed by atoms with E-state index in [0.29, 0.717) is 30.4 Å². The average molecular weight is 428 g/mol. The Balaban J connectivity index is 1.55. The van der Waals surface area contributed by atoms with Gasteiger partial charge in [-0.3, -0.25) is 4.79 Å². The van der Waals surface area contributed by atoms with Gasteiger partial charge in [0.25, 0.3) is 0 Å². The van der Waals surface area contributed by atoms with Crippen LogP contribution in [0.5, 0.6) is 0 Å². The monoisotopic (exact) mass is 427 g/mol. The molecule has 0 spiro atoms. The summed E-state index contributed by atoms with van der Waals surface area (Å²) in [6.07, 6.45) is 12.3. The normalized spacial score (nSPS) is 22.7. The van der Waals surface area contributed by atoms with Crippen LogP contribution in [0.4, 0.5) is 4.39 Å². The van der Waals surface area contributed by atoms with Gasteiger partial charge in [0.05, 0.1) is 5.52 Å². The van der Waals surface area contributed by atoms with E-state index in [4.69, 9.17) is 4.98 Å². The number of hydrogen-bond acceptors (Lipinski definition) is 2. The van der Waals surface area contributed by atoms with Gasteiger partial charge in [0.2, 0.25) is 5.91 Å². The van der Waals surface area contributed by atoms with E-state index in [2.05, 4.69) is 18.7 Å². The van der Waals surface area contributed by atoms with Gasteiger partial charge in [0, 0.05) is 31.5 Å². The van der Waals surface area contributed by atoms with E-state index in [9.17, 15) is 9.18 Å². The zero-order chi connectivity index (χ0) is 21.8. The fraction of sp³-hybridized carbons (Fsp3) is 0.692. The van der Waals surface area contributed by atoms with Crippen molar-refractivity contribution < 1.29 is 9.18 Å². The Morgan fingerprint density at radius 2 is 1.84 bits per heavy atom. The first-order valence-electron chi connectivity index (χ1n) is 12.6. The summed E-state index contributed by atoms with van der Waals surface area (Å²) in [7, 11) is 0. The molecule has 4 nitrogen and oxygen atoms in total. The van der Waals surface area contributed by atoms with Crippen molar-refractivity contribution in [3.8, 4) is 0 Å². The van der Waals surface area contributed by atoms with Gasteiger partial charge < -0.3 is 9.47 Å². The number of halogens is 1. The molecule has 0 radical (unpaired) electrons. The minimum absolute atomic E-state index is 0.202. The first-order chi connectivity index (χ1) is 15.1. The van der Waals surface area contributed by atoms with Crippen LogP contribution in [0.3, 0.4) is 0 Å². The zero-order valence-electron chi connectivity index (χ0n) is 19.3. The minimum atomic E-state index is -0.231. The standard InChI is InChI=1S/C26H38FN3O/c1-3-19-13-15-20(16-14-19)26-28-23-12-8-11-22(27)25(23)30(26)18-17-24(31)29(4-2)21-9-6-5-7-10-21/h8,11-12,19-21H,3-7,9-10,13-18H2,1-2H3. The number of aryl methyl sites for hydroxylation is 1. The molecule has 1 amide bonds. The predicted octanol–water partition coefficient (Wildman–Crippen LogP) is 6.43. The van der Waals surface area contributed by atoms with Crippen molar-refractivity contribution in [2.45, 2.75) is 103 Å². The summed E-state index contributed by atoms with van der Waals surface area (Å²) >= 11 is 0. The van der Waals surface area contributed by atoms with Crippen LogP contribution < -0.4 is 0 Å². The molecule has 2 saturated carbocycles. The summed E-state index contributed by atoms with van der Waals surface area (Å²) in [4.78, 5) is 20.1. The van der Waals surface area contributed by atoms with E-state index in [1.54, 1.807) is 6.07 Å². The second-order valence-electron chi connectivity index (χ2n) is 9.58. The molecule has 170 valence electrons. The number of fused-ring (bicyclic) bond motifs is 1. The highest BCUT2D eigenvalue weighted by Gasteiger charge is 2.28. The smallest absolute Gasteiger partial charge is 0.224 e. The van der Waals surface area contributed by atoms with Crippen LogP contribution in [0.25, 0.3) is 11.0 Å². The Kier molecular flexibility index (Phi) is 7.29. The number of aromatic nitrogens is 2. The molecule has 0 bridgehead atoms. The number of benzene rings is 1. The van der Waals surface area contributed by atoms with Gasteiger partial charge in [0.15, 0.2) is 0 Å². The van der Waals surface area contributed by atoms with E-state index in [1.165, 1.54) is 44.6 Å². The Morgan fingerprint density at radius 3 is 2.52 bits per heavy atom. The number of carbonyl (C=O) groups excluding carboxylic acids is 1. The van der Waals surface area contributed by atoms with Gasteiger partial charge in [-0.05, 0) is 63.5 Å². The molecule has 2 aromatic rings. The molecule has 0 saturated heterocycles. The molecule has 31 heavy (non-hydrogen) atoms. The third-order valence-corrected chi connectivity index (χ3v) is 7.76. The van der Waals surface area contributed by atoms with Gasteiger partial charge in [0.1, 0.15) is 17.2 Å². The van der Waals surface area contributed by atoms with Gasteiger partial charge >= 0.3 is 0 Å². The maximum absolute atomic E-state index is 14.8. The lowest BCUT2D eigenvalue weighted by molar-refractivity contribution is -0.134. The third kappa shape index (κ3) is 4.80. The molecule has 0 aliphatic heterocycles. The summed E-state index contributed by atoms with van der Waals surface area (Å²) in [5.41, 5.74) is 1.29. The molecule has 2 aliphatic rings. The SMILES string of the molecule is CCC1CCC(c2nc3cccc(F)c3n2CCC(=O)N(CC)C2CCCCC2)CC1. The van der Waals surface area contributed by atoms with Gasteiger partial charge in [-0.15, -0.1) is 0 Å². The number of carbonyl (C=O) groups is 1. The van der Waals surface area contributed by atoms with Gasteiger partial charge in [-0.2, -0.15) is 0 Å². The van der Waals surface area contributed by atoms with Crippen LogP contribution in [0.1, 0.15) is 96.2 Å². The van der Waals surface area contributed by atoms with Crippen molar-refractivity contribution in [1.29, 1.82) is 0 Å². The maximum atomic E-state index is 14.8. The molecule has 4 rings (SSSR count). The van der Waals surface area contributed by atoms with Crippen molar-refractivity contribution in [2.75, 3.05) is 6.54 Å². The summed E-state index contributed by atoms with van der Waals surface area (Å²) in [5, 5.41) is 0. The predicted molar refractivity (Wildman–Crippen MR) is 124 cm³/mol. The minimum Gasteiger partial charge on any atom is -0.340 e. The first-order valence-corrected chi connectivity index (χ1v) is 12.6. The first kappa shape index (κ1) is 22.3. The number of nitrogens with zero attached hydrogens (tertiary/aromatic N) is 3. The van der Waals surface area contributed by atoms with Crippen LogP contribution in [-0.4, -0.2) is 32.9 Å². The Bertz CT molecular complexity index is 878. The number of rotatable bonds is 7. The second kappa shape index (κ2) is 10.1. The maximum Gasteiger partial charge on any atom is 0.224 e. The Labute approximate surface area is 186 Å². The van der Waals surface area contributed by atoms with E-state index >= 15 is 0 Å². The quantitative estimate of drug-likeness (QED) is 0.510. The molecule has 1 aromatic heterocycles. The zero-order valence-corrected chi connectivity index (χ0v) is 19.3. The van der Waals surface area contributed by atoms with Crippen molar-refractivity contribution in [2.24, 2.45) is 5.92 Å². The van der Waals surface area contributed by atoms with E-state index in [1.807, 2.05) is 10.6 Å². The molecule has 1 heterocycles. The lowest BCUT2D eigenvalue weighted by Gasteiger charge is -2.34. The molecule has 5 heteroatoms. The lowest BCUT2D eigenvalue weighted by Crippen LogP contribution is -2.41. The summed E-state index contributed by atoms with van der Waals surface area (Å²) in [6.45, 7) is 5.63. The Hall–Kier alpha value is -1.91. The second-order valence-corrected chi connectivity index (χ2v) is 9.58. The molecule has 2 fully saturated rings. The van der Waals surface area contributed by atoms with E-state index in [0.717, 1.165) is 49.5 Å². The number of amides is 1. The topological polar surface area (TPSA) is 38.1 Å². The Morgan fingerprint density at radius 1 is 1.10 bits per heavy atom. The molecular formula is C26H38FN3O. The highest BCUT2D eigenvalue weighted by Crippen LogP contribution is 2.38. The number of hydrogen-bond donors (Lipinski definition) is 0. The van der Waals surface area contributed by atoms with E-state index in [-0.39, 0.29) is 11.7 Å². The van der Waals surface area contributed by atoms with Crippen LogP contribution in [0.2, 0.25) is 0 Å². The number of imidazole rings is 1. The van der Waals surface area contributed by atoms with Crippen molar-refractivity contribution in [3.63, 3.8) is 0 Å². The number of para-hydroxylation sites is 1.